The number of rotatable bonds is 5. The first-order chi connectivity index (χ1) is 12.6. The Morgan fingerprint density at radius 3 is 2.26 bits per heavy atom. The Balaban J connectivity index is 1.73. The molecule has 0 saturated heterocycles. The molecule has 0 aromatic heterocycles. The summed E-state index contributed by atoms with van der Waals surface area (Å²) in [6.45, 7) is 5.99. The van der Waals surface area contributed by atoms with E-state index < -0.39 is 22.6 Å². The second-order valence-corrected chi connectivity index (χ2v) is 7.73. The molecule has 1 aromatic carbocycles. The quantitative estimate of drug-likeness (QED) is 0.474. The fourth-order valence-corrected chi connectivity index (χ4v) is 2.93. The van der Waals surface area contributed by atoms with Gasteiger partial charge in [0.05, 0.1) is 10.5 Å². The molecular formula is C19H26N2O6. The third-order valence-corrected chi connectivity index (χ3v) is 4.32. The Morgan fingerprint density at radius 1 is 1.15 bits per heavy atom. The summed E-state index contributed by atoms with van der Waals surface area (Å²) in [6.07, 6.45) is 2.53. The number of amides is 1. The average Bonchev–Trinajstić information content (AvgIpc) is 2.59. The Kier molecular flexibility index (Phi) is 6.76. The predicted molar refractivity (Wildman–Crippen MR) is 98.5 cm³/mol. The van der Waals surface area contributed by atoms with Crippen LogP contribution in [0.2, 0.25) is 0 Å². The smallest absolute Gasteiger partial charge is 0.407 e. The number of esters is 1. The van der Waals surface area contributed by atoms with Gasteiger partial charge in [-0.15, -0.1) is 0 Å². The first-order valence-corrected chi connectivity index (χ1v) is 9.06. The van der Waals surface area contributed by atoms with Crippen LogP contribution in [0.15, 0.2) is 24.3 Å². The Labute approximate surface area is 158 Å². The van der Waals surface area contributed by atoms with Gasteiger partial charge in [0, 0.05) is 18.7 Å². The number of hydrogen-bond acceptors (Lipinski definition) is 6. The van der Waals surface area contributed by atoms with E-state index in [1.165, 1.54) is 24.3 Å². The Morgan fingerprint density at radius 2 is 1.74 bits per heavy atom. The number of nitrogens with one attached hydrogen (secondary N) is 1. The largest absolute Gasteiger partial charge is 0.459 e. The van der Waals surface area contributed by atoms with E-state index in [2.05, 4.69) is 5.32 Å². The molecule has 1 aliphatic carbocycles. The van der Waals surface area contributed by atoms with Gasteiger partial charge in [-0.1, -0.05) is 0 Å². The van der Waals surface area contributed by atoms with Crippen LogP contribution in [-0.2, 0) is 9.47 Å². The van der Waals surface area contributed by atoms with E-state index in [0.717, 1.165) is 25.7 Å². The third-order valence-electron chi connectivity index (χ3n) is 4.32. The van der Waals surface area contributed by atoms with Gasteiger partial charge in [0.1, 0.15) is 11.7 Å². The van der Waals surface area contributed by atoms with Crippen LogP contribution in [0, 0.1) is 16.0 Å². The van der Waals surface area contributed by atoms with Crippen LogP contribution in [0.4, 0.5) is 10.5 Å². The maximum Gasteiger partial charge on any atom is 0.407 e. The maximum atomic E-state index is 12.2. The average molecular weight is 378 g/mol. The highest BCUT2D eigenvalue weighted by Gasteiger charge is 2.25. The summed E-state index contributed by atoms with van der Waals surface area (Å²) >= 11 is 0. The number of nitrogens with zero attached hydrogens (tertiary/aromatic N) is 1. The monoisotopic (exact) mass is 378 g/mol. The molecule has 2 rings (SSSR count). The van der Waals surface area contributed by atoms with Gasteiger partial charge in [-0.2, -0.15) is 0 Å². The maximum absolute atomic E-state index is 12.2. The highest BCUT2D eigenvalue weighted by molar-refractivity contribution is 5.89. The minimum Gasteiger partial charge on any atom is -0.459 e. The molecule has 1 amide bonds. The normalized spacial score (nSPS) is 19.8. The zero-order valence-corrected chi connectivity index (χ0v) is 15.9. The van der Waals surface area contributed by atoms with Crippen LogP contribution in [0.25, 0.3) is 0 Å². The van der Waals surface area contributed by atoms with Crippen molar-refractivity contribution in [3.8, 4) is 0 Å². The van der Waals surface area contributed by atoms with E-state index in [1.807, 2.05) is 20.8 Å². The van der Waals surface area contributed by atoms with Crippen LogP contribution in [0.5, 0.6) is 0 Å². The number of ether oxygens (including phenoxy) is 2. The standard InChI is InChI=1S/C19H26N2O6/c1-19(2,3)27-18(23)20-12-13-4-10-16(11-5-13)26-17(22)14-6-8-15(9-7-14)21(24)25/h6-9,13,16H,4-5,10-12H2,1-3H3,(H,20,23)/t13-,16-. The van der Waals surface area contributed by atoms with Gasteiger partial charge in [-0.05, 0) is 64.5 Å². The lowest BCUT2D eigenvalue weighted by molar-refractivity contribution is -0.384. The van der Waals surface area contributed by atoms with Gasteiger partial charge in [-0.25, -0.2) is 9.59 Å². The summed E-state index contributed by atoms with van der Waals surface area (Å²) in [6, 6.07) is 5.37. The fraction of sp³-hybridized carbons (Fsp3) is 0.579. The topological polar surface area (TPSA) is 108 Å². The predicted octanol–water partition coefficient (Wildman–Crippen LogP) is 3.84. The van der Waals surface area contributed by atoms with Crippen molar-refractivity contribution in [1.29, 1.82) is 0 Å². The van der Waals surface area contributed by atoms with Gasteiger partial charge >= 0.3 is 12.1 Å². The summed E-state index contributed by atoms with van der Waals surface area (Å²) < 4.78 is 10.7. The molecule has 0 radical (unpaired) electrons. The summed E-state index contributed by atoms with van der Waals surface area (Å²) in [5, 5.41) is 13.4. The molecule has 0 atom stereocenters. The molecule has 0 unspecified atom stereocenters. The van der Waals surface area contributed by atoms with Crippen LogP contribution >= 0.6 is 0 Å². The van der Waals surface area contributed by atoms with Crippen molar-refractivity contribution in [2.75, 3.05) is 6.54 Å². The molecule has 1 aliphatic rings. The van der Waals surface area contributed by atoms with Gasteiger partial charge in [0.2, 0.25) is 0 Å². The van der Waals surface area contributed by atoms with Crippen molar-refractivity contribution in [1.82, 2.24) is 5.32 Å². The van der Waals surface area contributed by atoms with Gasteiger partial charge in [0.15, 0.2) is 0 Å². The number of hydrogen-bond donors (Lipinski definition) is 1. The molecule has 148 valence electrons. The van der Waals surface area contributed by atoms with E-state index in [1.54, 1.807) is 0 Å². The van der Waals surface area contributed by atoms with Crippen molar-refractivity contribution in [2.45, 2.75) is 58.2 Å². The zero-order valence-electron chi connectivity index (χ0n) is 15.9. The number of carbonyl (C=O) groups excluding carboxylic acids is 2. The number of nitro benzene ring substituents is 1. The Bertz CT molecular complexity index is 672. The second-order valence-electron chi connectivity index (χ2n) is 7.73. The lowest BCUT2D eigenvalue weighted by Gasteiger charge is -2.28. The van der Waals surface area contributed by atoms with Gasteiger partial charge < -0.3 is 14.8 Å². The SMILES string of the molecule is CC(C)(C)OC(=O)NC[C@H]1CC[C@H](OC(=O)c2ccc([N+](=O)[O-])cc2)CC1. The molecule has 8 heteroatoms. The molecule has 0 heterocycles. The molecule has 1 N–H and O–H groups in total. The first kappa shape index (κ1) is 20.7. The summed E-state index contributed by atoms with van der Waals surface area (Å²) in [5.74, 6) is -0.146. The van der Waals surface area contributed by atoms with Crippen LogP contribution in [-0.4, -0.2) is 35.2 Å². The van der Waals surface area contributed by atoms with Crippen LogP contribution in [0.1, 0.15) is 56.8 Å². The molecule has 0 spiro atoms. The highest BCUT2D eigenvalue weighted by Crippen LogP contribution is 2.26. The molecule has 0 bridgehead atoms. The number of non-ortho nitro benzene ring substituents is 1. The molecule has 0 aliphatic heterocycles. The van der Waals surface area contributed by atoms with E-state index in [9.17, 15) is 19.7 Å². The summed E-state index contributed by atoms with van der Waals surface area (Å²) in [7, 11) is 0. The van der Waals surface area contributed by atoms with Gasteiger partial charge in [-0.3, -0.25) is 10.1 Å². The molecule has 1 aromatic rings. The first-order valence-electron chi connectivity index (χ1n) is 9.06. The summed E-state index contributed by atoms with van der Waals surface area (Å²) in [5.41, 5.74) is -0.285. The number of alkyl carbamates (subject to hydrolysis) is 1. The van der Waals surface area contributed by atoms with Crippen molar-refractivity contribution >= 4 is 17.7 Å². The molecule has 1 fully saturated rings. The lowest BCUT2D eigenvalue weighted by Crippen LogP contribution is -2.36. The molecule has 1 saturated carbocycles. The number of carbonyl (C=O) groups is 2. The summed E-state index contributed by atoms with van der Waals surface area (Å²) in [4.78, 5) is 34.0. The fourth-order valence-electron chi connectivity index (χ4n) is 2.93. The van der Waals surface area contributed by atoms with Crippen LogP contribution < -0.4 is 5.32 Å². The van der Waals surface area contributed by atoms with E-state index in [0.29, 0.717) is 18.0 Å². The van der Waals surface area contributed by atoms with Crippen molar-refractivity contribution in [3.63, 3.8) is 0 Å². The van der Waals surface area contributed by atoms with E-state index in [-0.39, 0.29) is 11.8 Å². The number of benzene rings is 1. The Hall–Kier alpha value is -2.64. The molecule has 8 nitrogen and oxygen atoms in total. The zero-order chi connectivity index (χ0) is 20.0. The van der Waals surface area contributed by atoms with Gasteiger partial charge in [0.25, 0.3) is 5.69 Å². The van der Waals surface area contributed by atoms with Crippen LogP contribution in [0.3, 0.4) is 0 Å². The lowest BCUT2D eigenvalue weighted by atomic mass is 9.87. The molecule has 27 heavy (non-hydrogen) atoms. The minimum absolute atomic E-state index is 0.0652. The van der Waals surface area contributed by atoms with Crippen molar-refractivity contribution < 1.29 is 24.0 Å². The second kappa shape index (κ2) is 8.83. The van der Waals surface area contributed by atoms with E-state index in [4.69, 9.17) is 9.47 Å². The van der Waals surface area contributed by atoms with E-state index >= 15 is 0 Å². The molecular weight excluding hydrogens is 352 g/mol. The van der Waals surface area contributed by atoms with Crippen molar-refractivity contribution in [3.05, 3.63) is 39.9 Å². The minimum atomic E-state index is -0.520. The third kappa shape index (κ3) is 6.88. The highest BCUT2D eigenvalue weighted by atomic mass is 16.6. The number of nitro groups is 1. The van der Waals surface area contributed by atoms with Crippen molar-refractivity contribution in [2.24, 2.45) is 5.92 Å².